The van der Waals surface area contributed by atoms with Gasteiger partial charge in [-0.1, -0.05) is 164 Å². The molecule has 1 aliphatic carbocycles. The standard InChI is InChI=1S/C51H91O12P/c1-3-5-7-9-11-13-15-17-19-21-22-23-24-25-26-28-30-32-34-36-38-40-45(52)62-44(43-61-64(58,59)63-51-49(56)47(54)46(53)48(55)50(51)57)42-60-41-39-37-35-33-31-29-27-20-18-16-14-12-10-8-6-4-2/h12,14-15,17-18,20-22,24-25,44,46-51,53-57H,3-11,13,16,19,23,26-43H2,1-2H3,(H,58,59)/b14-12-,17-15-,20-18-,22-21-,25-24-. The maximum Gasteiger partial charge on any atom is 0.472 e. The van der Waals surface area contributed by atoms with Gasteiger partial charge >= 0.3 is 13.8 Å². The van der Waals surface area contributed by atoms with Crippen LogP contribution in [0, 0.1) is 0 Å². The molecule has 0 aromatic carbocycles. The average molecular weight is 927 g/mol. The van der Waals surface area contributed by atoms with Crippen LogP contribution < -0.4 is 0 Å². The molecular formula is C51H91O12P. The molecular weight excluding hydrogens is 836 g/mol. The highest BCUT2D eigenvalue weighted by Gasteiger charge is 2.51. The molecule has 6 unspecified atom stereocenters. The summed E-state index contributed by atoms with van der Waals surface area (Å²) in [5.41, 5.74) is 0. The Morgan fingerprint density at radius 3 is 1.36 bits per heavy atom. The first-order chi connectivity index (χ1) is 31.0. The smallest absolute Gasteiger partial charge is 0.457 e. The minimum atomic E-state index is -5.03. The molecule has 1 fully saturated rings. The van der Waals surface area contributed by atoms with Crippen molar-refractivity contribution in [1.82, 2.24) is 0 Å². The molecule has 372 valence electrons. The number of hydrogen-bond acceptors (Lipinski definition) is 11. The van der Waals surface area contributed by atoms with E-state index in [1.165, 1.54) is 64.2 Å². The van der Waals surface area contributed by atoms with E-state index in [-0.39, 0.29) is 13.0 Å². The normalized spacial score (nSPS) is 22.2. The lowest BCUT2D eigenvalue weighted by Crippen LogP contribution is -2.64. The monoisotopic (exact) mass is 927 g/mol. The van der Waals surface area contributed by atoms with Gasteiger partial charge in [-0.25, -0.2) is 4.57 Å². The van der Waals surface area contributed by atoms with Crippen molar-refractivity contribution in [3.8, 4) is 0 Å². The lowest BCUT2D eigenvalue weighted by Gasteiger charge is -2.41. The Kier molecular flexibility index (Phi) is 38.7. The highest BCUT2D eigenvalue weighted by Crippen LogP contribution is 2.47. The number of phosphoric ester groups is 1. The van der Waals surface area contributed by atoms with Crippen molar-refractivity contribution < 1.29 is 58.3 Å². The predicted octanol–water partition coefficient (Wildman–Crippen LogP) is 11.0. The van der Waals surface area contributed by atoms with Crippen LogP contribution in [0.4, 0.5) is 0 Å². The third-order valence-electron chi connectivity index (χ3n) is 11.4. The van der Waals surface area contributed by atoms with E-state index in [2.05, 4.69) is 74.6 Å². The molecule has 1 saturated carbocycles. The molecule has 0 radical (unpaired) electrons. The van der Waals surface area contributed by atoms with Gasteiger partial charge in [-0.3, -0.25) is 13.8 Å². The van der Waals surface area contributed by atoms with Gasteiger partial charge in [-0.15, -0.1) is 0 Å². The molecule has 0 aliphatic heterocycles. The van der Waals surface area contributed by atoms with E-state index in [1.807, 2.05) is 0 Å². The SMILES string of the molecule is CCCCC/C=C\C/C=C\CCCCCCCCOCC(COP(=O)(O)OC1C(O)C(O)C(O)C(O)C1O)OC(=O)CCCCCCCC/C=C\C/C=C\C/C=C\CCCCCCC. The van der Waals surface area contributed by atoms with E-state index >= 15 is 0 Å². The fourth-order valence-electron chi connectivity index (χ4n) is 7.33. The molecule has 0 aromatic heterocycles. The van der Waals surface area contributed by atoms with Gasteiger partial charge in [0, 0.05) is 13.0 Å². The Bertz CT molecular complexity index is 1290. The molecule has 0 spiro atoms. The number of hydrogen-bond donors (Lipinski definition) is 6. The molecule has 0 saturated heterocycles. The minimum Gasteiger partial charge on any atom is -0.457 e. The van der Waals surface area contributed by atoms with Crippen molar-refractivity contribution >= 4 is 13.8 Å². The van der Waals surface area contributed by atoms with Crippen LogP contribution in [0.25, 0.3) is 0 Å². The van der Waals surface area contributed by atoms with Crippen LogP contribution in [0.2, 0.25) is 0 Å². The third-order valence-corrected chi connectivity index (χ3v) is 12.3. The molecule has 0 heterocycles. The summed E-state index contributed by atoms with van der Waals surface area (Å²) in [4.78, 5) is 23.2. The fraction of sp³-hybridized carbons (Fsp3) is 0.784. The van der Waals surface area contributed by atoms with Gasteiger partial charge in [-0.2, -0.15) is 0 Å². The number of aliphatic hydroxyl groups is 5. The molecule has 1 aliphatic rings. The highest BCUT2D eigenvalue weighted by molar-refractivity contribution is 7.47. The first-order valence-electron chi connectivity index (χ1n) is 25.1. The highest BCUT2D eigenvalue weighted by atomic mass is 31.2. The number of carbonyl (C=O) groups is 1. The summed E-state index contributed by atoms with van der Waals surface area (Å²) in [6.45, 7) is 4.19. The third kappa shape index (κ3) is 32.7. The number of aliphatic hydroxyl groups excluding tert-OH is 5. The zero-order valence-corrected chi connectivity index (χ0v) is 40.7. The maximum absolute atomic E-state index is 12.8. The van der Waals surface area contributed by atoms with Gasteiger partial charge < -0.3 is 39.9 Å². The summed E-state index contributed by atoms with van der Waals surface area (Å²) >= 11 is 0. The largest absolute Gasteiger partial charge is 0.472 e. The summed E-state index contributed by atoms with van der Waals surface area (Å²) in [6.07, 6.45) is 39.9. The van der Waals surface area contributed by atoms with E-state index in [4.69, 9.17) is 18.5 Å². The van der Waals surface area contributed by atoms with Crippen LogP contribution in [0.1, 0.15) is 194 Å². The van der Waals surface area contributed by atoms with E-state index < -0.39 is 63.1 Å². The maximum atomic E-state index is 12.8. The van der Waals surface area contributed by atoms with Crippen LogP contribution in [-0.2, 0) is 27.9 Å². The lowest BCUT2D eigenvalue weighted by molar-refractivity contribution is -0.220. The molecule has 0 bridgehead atoms. The van der Waals surface area contributed by atoms with Crippen LogP contribution in [0.15, 0.2) is 60.8 Å². The average Bonchev–Trinajstić information content (AvgIpc) is 3.28. The molecule has 0 amide bonds. The van der Waals surface area contributed by atoms with Crippen LogP contribution in [-0.4, -0.2) is 98.9 Å². The van der Waals surface area contributed by atoms with Gasteiger partial charge in [0.2, 0.25) is 0 Å². The molecule has 64 heavy (non-hydrogen) atoms. The van der Waals surface area contributed by atoms with E-state index in [1.54, 1.807) is 0 Å². The van der Waals surface area contributed by atoms with Crippen molar-refractivity contribution in [2.45, 2.75) is 236 Å². The Morgan fingerprint density at radius 2 is 0.875 bits per heavy atom. The number of ether oxygens (including phenoxy) is 2. The van der Waals surface area contributed by atoms with E-state index in [0.29, 0.717) is 13.0 Å². The molecule has 12 nitrogen and oxygen atoms in total. The van der Waals surface area contributed by atoms with Crippen molar-refractivity contribution in [2.75, 3.05) is 19.8 Å². The zero-order chi connectivity index (χ0) is 46.9. The number of esters is 1. The Labute approximate surface area is 387 Å². The second-order valence-corrected chi connectivity index (χ2v) is 18.7. The molecule has 13 heteroatoms. The number of phosphoric acid groups is 1. The van der Waals surface area contributed by atoms with Gasteiger partial charge in [0.15, 0.2) is 0 Å². The fourth-order valence-corrected chi connectivity index (χ4v) is 8.31. The minimum absolute atomic E-state index is 0.0916. The van der Waals surface area contributed by atoms with Gasteiger partial charge in [0.05, 0.1) is 13.2 Å². The summed E-state index contributed by atoms with van der Waals surface area (Å²) in [7, 11) is -5.03. The van der Waals surface area contributed by atoms with Gasteiger partial charge in [0.25, 0.3) is 0 Å². The molecule has 0 aromatic rings. The number of rotatable bonds is 42. The molecule has 6 N–H and O–H groups in total. The second-order valence-electron chi connectivity index (χ2n) is 17.3. The number of unbranched alkanes of at least 4 members (excludes halogenated alkanes) is 20. The van der Waals surface area contributed by atoms with Crippen LogP contribution in [0.5, 0.6) is 0 Å². The first-order valence-corrected chi connectivity index (χ1v) is 26.6. The summed E-state index contributed by atoms with van der Waals surface area (Å²) in [5, 5.41) is 50.3. The zero-order valence-electron chi connectivity index (χ0n) is 39.8. The number of carbonyl (C=O) groups excluding carboxylic acids is 1. The van der Waals surface area contributed by atoms with Crippen molar-refractivity contribution in [2.24, 2.45) is 0 Å². The summed E-state index contributed by atoms with van der Waals surface area (Å²) in [6, 6.07) is 0. The van der Waals surface area contributed by atoms with Crippen LogP contribution in [0.3, 0.4) is 0 Å². The van der Waals surface area contributed by atoms with Gasteiger partial charge in [0.1, 0.15) is 42.7 Å². The van der Waals surface area contributed by atoms with Crippen LogP contribution >= 0.6 is 7.82 Å². The quantitative estimate of drug-likeness (QED) is 0.0147. The Hall–Kier alpha value is -1.96. The summed E-state index contributed by atoms with van der Waals surface area (Å²) < 4.78 is 34.2. The van der Waals surface area contributed by atoms with E-state index in [0.717, 1.165) is 103 Å². The first kappa shape index (κ1) is 60.1. The molecule has 6 atom stereocenters. The van der Waals surface area contributed by atoms with Crippen molar-refractivity contribution in [3.63, 3.8) is 0 Å². The molecule has 1 rings (SSSR count). The van der Waals surface area contributed by atoms with Crippen molar-refractivity contribution in [3.05, 3.63) is 60.8 Å². The Balaban J connectivity index is 2.38. The van der Waals surface area contributed by atoms with E-state index in [9.17, 15) is 39.8 Å². The van der Waals surface area contributed by atoms with Gasteiger partial charge in [-0.05, 0) is 83.5 Å². The topological polar surface area (TPSA) is 192 Å². The second kappa shape index (κ2) is 41.2. The lowest BCUT2D eigenvalue weighted by atomic mass is 9.85. The number of allylic oxidation sites excluding steroid dienone is 10. The van der Waals surface area contributed by atoms with Crippen molar-refractivity contribution in [1.29, 1.82) is 0 Å². The Morgan fingerprint density at radius 1 is 0.500 bits per heavy atom. The summed E-state index contributed by atoms with van der Waals surface area (Å²) in [5.74, 6) is -0.494. The predicted molar refractivity (Wildman–Crippen MR) is 258 cm³/mol.